The summed E-state index contributed by atoms with van der Waals surface area (Å²) in [7, 11) is 0. The largest absolute Gasteiger partial charge is 0.326 e. The van der Waals surface area contributed by atoms with Crippen molar-refractivity contribution < 1.29 is 19.2 Å². The summed E-state index contributed by atoms with van der Waals surface area (Å²) in [6, 6.07) is 6.07. The average Bonchev–Trinajstić information content (AvgIpc) is 2.96. The lowest BCUT2D eigenvalue weighted by Crippen LogP contribution is -2.54. The molecule has 1 aliphatic carbocycles. The standard InChI is InChI=1S/C23H31N3O4/c1-3-4-5-9-20(28)24-18-12-10-17(11-13-18)19(27)15-26-21(29)23(25-22(26)30)14-7-6-8-16(23)2/h10-13,16H,3-9,14-15H2,1-2H3,(H,24,28)(H,25,30)/t16-,23-/m1/s1. The van der Waals surface area contributed by atoms with Gasteiger partial charge in [0.05, 0.1) is 6.54 Å². The molecule has 2 N–H and O–H groups in total. The summed E-state index contributed by atoms with van der Waals surface area (Å²) in [6.07, 6.45) is 6.85. The van der Waals surface area contributed by atoms with E-state index >= 15 is 0 Å². The number of urea groups is 1. The van der Waals surface area contributed by atoms with Crippen LogP contribution >= 0.6 is 0 Å². The van der Waals surface area contributed by atoms with Gasteiger partial charge >= 0.3 is 6.03 Å². The Kier molecular flexibility index (Phi) is 6.90. The van der Waals surface area contributed by atoms with Crippen LogP contribution in [0.1, 0.15) is 75.6 Å². The maximum atomic E-state index is 13.0. The Bertz CT molecular complexity index is 820. The molecule has 4 amide bonds. The van der Waals surface area contributed by atoms with Crippen molar-refractivity contribution in [2.75, 3.05) is 11.9 Å². The van der Waals surface area contributed by atoms with Crippen LogP contribution in [0.5, 0.6) is 0 Å². The number of ketones is 1. The van der Waals surface area contributed by atoms with E-state index in [0.717, 1.165) is 43.4 Å². The highest BCUT2D eigenvalue weighted by Crippen LogP contribution is 2.38. The number of anilines is 1. The van der Waals surface area contributed by atoms with Gasteiger partial charge in [-0.25, -0.2) is 4.79 Å². The summed E-state index contributed by atoms with van der Waals surface area (Å²) >= 11 is 0. The summed E-state index contributed by atoms with van der Waals surface area (Å²) in [5.41, 5.74) is 0.164. The molecule has 1 aromatic carbocycles. The number of amides is 4. The minimum absolute atomic E-state index is 0.0474. The van der Waals surface area contributed by atoms with Crippen LogP contribution in [0.15, 0.2) is 24.3 Å². The molecule has 7 heteroatoms. The van der Waals surface area contributed by atoms with Crippen LogP contribution < -0.4 is 10.6 Å². The Morgan fingerprint density at radius 3 is 2.57 bits per heavy atom. The molecule has 1 spiro atoms. The zero-order chi connectivity index (χ0) is 21.7. The Hall–Kier alpha value is -2.70. The number of nitrogens with zero attached hydrogens (tertiary/aromatic N) is 1. The molecule has 1 heterocycles. The number of hydrogen-bond acceptors (Lipinski definition) is 4. The number of hydrogen-bond donors (Lipinski definition) is 2. The Balaban J connectivity index is 1.60. The van der Waals surface area contributed by atoms with Gasteiger partial charge in [-0.2, -0.15) is 0 Å². The third kappa shape index (κ3) is 4.55. The molecular formula is C23H31N3O4. The second kappa shape index (κ2) is 9.41. The van der Waals surface area contributed by atoms with E-state index in [2.05, 4.69) is 17.6 Å². The maximum Gasteiger partial charge on any atom is 0.325 e. The highest BCUT2D eigenvalue weighted by molar-refractivity contribution is 6.11. The molecule has 2 atom stereocenters. The molecule has 2 aliphatic rings. The van der Waals surface area contributed by atoms with Gasteiger partial charge in [-0.05, 0) is 49.4 Å². The highest BCUT2D eigenvalue weighted by atomic mass is 16.2. The van der Waals surface area contributed by atoms with E-state index in [-0.39, 0.29) is 30.1 Å². The van der Waals surface area contributed by atoms with E-state index in [4.69, 9.17) is 0 Å². The molecule has 0 bridgehead atoms. The molecule has 0 aromatic heterocycles. The van der Waals surface area contributed by atoms with Gasteiger partial charge in [0, 0.05) is 17.7 Å². The normalized spacial score (nSPS) is 23.5. The van der Waals surface area contributed by atoms with Crippen molar-refractivity contribution >= 4 is 29.3 Å². The number of benzene rings is 1. The first-order chi connectivity index (χ1) is 14.4. The summed E-state index contributed by atoms with van der Waals surface area (Å²) in [4.78, 5) is 51.1. The summed E-state index contributed by atoms with van der Waals surface area (Å²) in [6.45, 7) is 3.79. The molecule has 162 valence electrons. The molecule has 2 fully saturated rings. The molecule has 0 unspecified atom stereocenters. The molecule has 7 nitrogen and oxygen atoms in total. The average molecular weight is 414 g/mol. The van der Waals surface area contributed by atoms with Crippen LogP contribution in [0, 0.1) is 5.92 Å². The van der Waals surface area contributed by atoms with Crippen molar-refractivity contribution in [3.63, 3.8) is 0 Å². The van der Waals surface area contributed by atoms with Gasteiger partial charge in [-0.15, -0.1) is 0 Å². The third-order valence-corrected chi connectivity index (χ3v) is 6.30. The van der Waals surface area contributed by atoms with Gasteiger partial charge in [0.15, 0.2) is 5.78 Å². The van der Waals surface area contributed by atoms with Crippen molar-refractivity contribution in [1.82, 2.24) is 10.2 Å². The van der Waals surface area contributed by atoms with Gasteiger partial charge < -0.3 is 10.6 Å². The maximum absolute atomic E-state index is 13.0. The first-order valence-electron chi connectivity index (χ1n) is 10.9. The van der Waals surface area contributed by atoms with E-state index in [1.165, 1.54) is 0 Å². The van der Waals surface area contributed by atoms with Crippen molar-refractivity contribution in [1.29, 1.82) is 0 Å². The summed E-state index contributed by atoms with van der Waals surface area (Å²) in [5.74, 6) is -0.583. The third-order valence-electron chi connectivity index (χ3n) is 6.30. The molecular weight excluding hydrogens is 382 g/mol. The fourth-order valence-electron chi connectivity index (χ4n) is 4.37. The molecule has 1 aliphatic heterocycles. The molecule has 0 radical (unpaired) electrons. The first-order valence-corrected chi connectivity index (χ1v) is 10.9. The van der Waals surface area contributed by atoms with Gasteiger partial charge in [0.2, 0.25) is 5.91 Å². The quantitative estimate of drug-likeness (QED) is 0.384. The number of Topliss-reactive ketones (excluding diaryl/α,β-unsaturated/α-hetero) is 1. The Morgan fingerprint density at radius 2 is 1.90 bits per heavy atom. The Morgan fingerprint density at radius 1 is 1.17 bits per heavy atom. The van der Waals surface area contributed by atoms with Crippen LogP contribution in [0.4, 0.5) is 10.5 Å². The Labute approximate surface area is 177 Å². The molecule has 3 rings (SSSR count). The lowest BCUT2D eigenvalue weighted by atomic mass is 9.73. The summed E-state index contributed by atoms with van der Waals surface area (Å²) < 4.78 is 0. The first kappa shape index (κ1) is 22.0. The topological polar surface area (TPSA) is 95.6 Å². The lowest BCUT2D eigenvalue weighted by molar-refractivity contribution is -0.133. The van der Waals surface area contributed by atoms with Crippen LogP contribution in [0.25, 0.3) is 0 Å². The van der Waals surface area contributed by atoms with Crippen LogP contribution in [0.2, 0.25) is 0 Å². The van der Waals surface area contributed by atoms with Crippen LogP contribution in [0.3, 0.4) is 0 Å². The SMILES string of the molecule is CCCCCC(=O)Nc1ccc(C(=O)CN2C(=O)N[C@@]3(CCCC[C@H]3C)C2=O)cc1. The van der Waals surface area contributed by atoms with Crippen molar-refractivity contribution in [3.05, 3.63) is 29.8 Å². The van der Waals surface area contributed by atoms with E-state index in [1.807, 2.05) is 6.92 Å². The van der Waals surface area contributed by atoms with E-state index in [1.54, 1.807) is 24.3 Å². The van der Waals surface area contributed by atoms with Gasteiger partial charge in [-0.1, -0.05) is 39.5 Å². The summed E-state index contributed by atoms with van der Waals surface area (Å²) in [5, 5.41) is 5.68. The number of unbranched alkanes of at least 4 members (excludes halogenated alkanes) is 2. The minimum atomic E-state index is -0.860. The van der Waals surface area contributed by atoms with E-state index < -0.39 is 11.6 Å². The highest BCUT2D eigenvalue weighted by Gasteiger charge is 2.55. The zero-order valence-corrected chi connectivity index (χ0v) is 17.8. The molecule has 1 saturated heterocycles. The smallest absolute Gasteiger partial charge is 0.325 e. The van der Waals surface area contributed by atoms with Crippen molar-refractivity contribution in [2.45, 2.75) is 70.8 Å². The number of carbonyl (C=O) groups excluding carboxylic acids is 4. The minimum Gasteiger partial charge on any atom is -0.326 e. The van der Waals surface area contributed by atoms with Crippen molar-refractivity contribution in [3.8, 4) is 0 Å². The monoisotopic (exact) mass is 413 g/mol. The number of nitrogens with one attached hydrogen (secondary N) is 2. The predicted octanol–water partition coefficient (Wildman–Crippen LogP) is 3.89. The second-order valence-electron chi connectivity index (χ2n) is 8.45. The van der Waals surface area contributed by atoms with Gasteiger partial charge in [-0.3, -0.25) is 19.3 Å². The fraction of sp³-hybridized carbons (Fsp3) is 0.565. The molecule has 1 aromatic rings. The molecule has 1 saturated carbocycles. The number of carbonyl (C=O) groups is 4. The van der Waals surface area contributed by atoms with E-state index in [0.29, 0.717) is 24.1 Å². The van der Waals surface area contributed by atoms with Gasteiger partial charge in [0.25, 0.3) is 5.91 Å². The predicted molar refractivity (Wildman–Crippen MR) is 114 cm³/mol. The van der Waals surface area contributed by atoms with Crippen molar-refractivity contribution in [2.24, 2.45) is 5.92 Å². The number of rotatable bonds is 8. The van der Waals surface area contributed by atoms with Crippen LogP contribution in [-0.2, 0) is 9.59 Å². The lowest BCUT2D eigenvalue weighted by Gasteiger charge is -2.36. The van der Waals surface area contributed by atoms with E-state index in [9.17, 15) is 19.2 Å². The number of imide groups is 1. The van der Waals surface area contributed by atoms with Gasteiger partial charge in [0.1, 0.15) is 5.54 Å². The fourth-order valence-corrected chi connectivity index (χ4v) is 4.37. The second-order valence-corrected chi connectivity index (χ2v) is 8.45. The van der Waals surface area contributed by atoms with Crippen LogP contribution in [-0.4, -0.2) is 40.6 Å². The molecule has 30 heavy (non-hydrogen) atoms. The zero-order valence-electron chi connectivity index (χ0n) is 17.8.